The second-order valence-corrected chi connectivity index (χ2v) is 6.82. The second kappa shape index (κ2) is 5.44. The number of nitrogens with one attached hydrogen (secondary N) is 2. The van der Waals surface area contributed by atoms with Gasteiger partial charge in [-0.25, -0.2) is 24.0 Å². The first kappa shape index (κ1) is 14.2. The third-order valence-electron chi connectivity index (χ3n) is 3.97. The van der Waals surface area contributed by atoms with Crippen LogP contribution in [-0.2, 0) is 10.0 Å². The van der Waals surface area contributed by atoms with E-state index in [-0.39, 0.29) is 16.8 Å². The van der Waals surface area contributed by atoms with Crippen molar-refractivity contribution in [3.8, 4) is 0 Å². The molecule has 6 nitrogen and oxygen atoms in total. The summed E-state index contributed by atoms with van der Waals surface area (Å²) in [6.07, 6.45) is 3.41. The number of sulfonamides is 1. The van der Waals surface area contributed by atoms with Crippen LogP contribution in [0.4, 0.5) is 5.82 Å². The molecule has 1 heterocycles. The van der Waals surface area contributed by atoms with E-state index < -0.39 is 10.0 Å². The summed E-state index contributed by atoms with van der Waals surface area (Å²) in [6, 6.07) is 3.05. The molecule has 1 aliphatic carbocycles. The number of hydrogen-bond donors (Lipinski definition) is 3. The Morgan fingerprint density at radius 2 is 2.11 bits per heavy atom. The predicted octanol–water partition coefficient (Wildman–Crippen LogP) is 1.08. The molecule has 1 aromatic heterocycles. The van der Waals surface area contributed by atoms with E-state index in [4.69, 9.17) is 5.84 Å². The maximum Gasteiger partial charge on any atom is 0.244 e. The van der Waals surface area contributed by atoms with Crippen molar-refractivity contribution in [3.05, 3.63) is 18.3 Å². The summed E-state index contributed by atoms with van der Waals surface area (Å²) in [5.41, 5.74) is 2.32. The highest BCUT2D eigenvalue weighted by Gasteiger charge is 2.33. The van der Waals surface area contributed by atoms with Crippen LogP contribution in [0.5, 0.6) is 0 Å². The Hall–Kier alpha value is -1.18. The molecule has 0 bridgehead atoms. The zero-order chi connectivity index (χ0) is 14.0. The Balaban J connectivity index is 2.23. The van der Waals surface area contributed by atoms with Gasteiger partial charge in [0, 0.05) is 12.2 Å². The normalized spacial score (nSPS) is 27.4. The lowest BCUT2D eigenvalue weighted by Gasteiger charge is -2.20. The SMILES string of the molecule is CC1CCC(NS(=O)(=O)c2cccnc2NN)C1C. The van der Waals surface area contributed by atoms with Gasteiger partial charge in [0.1, 0.15) is 4.90 Å². The molecule has 7 heteroatoms. The lowest BCUT2D eigenvalue weighted by Crippen LogP contribution is -2.37. The van der Waals surface area contributed by atoms with Gasteiger partial charge in [-0.15, -0.1) is 0 Å². The molecule has 0 spiro atoms. The number of rotatable bonds is 4. The quantitative estimate of drug-likeness (QED) is 0.568. The Morgan fingerprint density at radius 1 is 1.37 bits per heavy atom. The molecular formula is C12H20N4O2S. The van der Waals surface area contributed by atoms with Crippen LogP contribution in [0.15, 0.2) is 23.2 Å². The topological polar surface area (TPSA) is 97.1 Å². The van der Waals surface area contributed by atoms with Gasteiger partial charge in [-0.2, -0.15) is 0 Å². The van der Waals surface area contributed by atoms with Crippen LogP contribution in [-0.4, -0.2) is 19.4 Å². The molecule has 3 unspecified atom stereocenters. The maximum absolute atomic E-state index is 12.4. The van der Waals surface area contributed by atoms with E-state index >= 15 is 0 Å². The zero-order valence-electron chi connectivity index (χ0n) is 11.1. The highest BCUT2D eigenvalue weighted by molar-refractivity contribution is 7.89. The fourth-order valence-corrected chi connectivity index (χ4v) is 3.99. The van der Waals surface area contributed by atoms with E-state index in [9.17, 15) is 8.42 Å². The maximum atomic E-state index is 12.4. The Bertz CT molecular complexity index is 546. The largest absolute Gasteiger partial charge is 0.307 e. The van der Waals surface area contributed by atoms with Gasteiger partial charge in [-0.05, 0) is 36.8 Å². The highest BCUT2D eigenvalue weighted by Crippen LogP contribution is 2.32. The summed E-state index contributed by atoms with van der Waals surface area (Å²) < 4.78 is 27.5. The molecule has 2 rings (SSSR count). The first-order valence-corrected chi connectivity index (χ1v) is 7.88. The van der Waals surface area contributed by atoms with Crippen LogP contribution >= 0.6 is 0 Å². The van der Waals surface area contributed by atoms with Gasteiger partial charge < -0.3 is 5.43 Å². The highest BCUT2D eigenvalue weighted by atomic mass is 32.2. The van der Waals surface area contributed by atoms with E-state index in [1.165, 1.54) is 12.3 Å². The minimum absolute atomic E-state index is 0.0224. The standard InChI is InChI=1S/C12H20N4O2S/c1-8-5-6-10(9(8)2)16-19(17,18)11-4-3-7-14-12(11)15-13/h3-4,7-10,16H,5-6,13H2,1-2H3,(H,14,15). The van der Waals surface area contributed by atoms with E-state index in [1.54, 1.807) is 6.07 Å². The molecule has 4 N–H and O–H groups in total. The zero-order valence-corrected chi connectivity index (χ0v) is 11.9. The Morgan fingerprint density at radius 3 is 2.68 bits per heavy atom. The number of nitrogen functional groups attached to an aromatic ring is 1. The van der Waals surface area contributed by atoms with Gasteiger partial charge in [0.25, 0.3) is 0 Å². The van der Waals surface area contributed by atoms with Gasteiger partial charge in [-0.1, -0.05) is 13.8 Å². The van der Waals surface area contributed by atoms with Crippen LogP contribution in [0, 0.1) is 11.8 Å². The van der Waals surface area contributed by atoms with Crippen LogP contribution < -0.4 is 16.0 Å². The number of hydrazine groups is 1. The number of nitrogens with two attached hydrogens (primary N) is 1. The van der Waals surface area contributed by atoms with Gasteiger partial charge in [0.15, 0.2) is 5.82 Å². The first-order valence-electron chi connectivity index (χ1n) is 6.39. The molecular weight excluding hydrogens is 264 g/mol. The molecule has 3 atom stereocenters. The van der Waals surface area contributed by atoms with Crippen LogP contribution in [0.3, 0.4) is 0 Å². The van der Waals surface area contributed by atoms with Crippen molar-refractivity contribution >= 4 is 15.8 Å². The molecule has 0 aliphatic heterocycles. The third-order valence-corrected chi connectivity index (χ3v) is 5.49. The predicted molar refractivity (Wildman–Crippen MR) is 73.7 cm³/mol. The number of hydrogen-bond acceptors (Lipinski definition) is 5. The summed E-state index contributed by atoms with van der Waals surface area (Å²) >= 11 is 0. The molecule has 0 aromatic carbocycles. The summed E-state index contributed by atoms with van der Waals surface area (Å²) in [5, 5.41) is 0. The van der Waals surface area contributed by atoms with Crippen molar-refractivity contribution in [1.29, 1.82) is 0 Å². The molecule has 0 amide bonds. The van der Waals surface area contributed by atoms with Crippen molar-refractivity contribution in [1.82, 2.24) is 9.71 Å². The summed E-state index contributed by atoms with van der Waals surface area (Å²) in [4.78, 5) is 4.00. The van der Waals surface area contributed by atoms with Gasteiger partial charge >= 0.3 is 0 Å². The van der Waals surface area contributed by atoms with Crippen LogP contribution in [0.25, 0.3) is 0 Å². The number of aromatic nitrogens is 1. The molecule has 0 radical (unpaired) electrons. The minimum atomic E-state index is -3.60. The van der Waals surface area contributed by atoms with Gasteiger partial charge in [-0.3, -0.25) is 0 Å². The van der Waals surface area contributed by atoms with Gasteiger partial charge in [0.2, 0.25) is 10.0 Å². The molecule has 106 valence electrons. The lowest BCUT2D eigenvalue weighted by atomic mass is 9.98. The molecule has 1 fully saturated rings. The van der Waals surface area contributed by atoms with Crippen molar-refractivity contribution in [2.45, 2.75) is 37.6 Å². The summed E-state index contributed by atoms with van der Waals surface area (Å²) in [5.74, 6) is 6.33. The first-order chi connectivity index (χ1) is 8.95. The molecule has 19 heavy (non-hydrogen) atoms. The molecule has 1 aliphatic rings. The lowest BCUT2D eigenvalue weighted by molar-refractivity contribution is 0.402. The van der Waals surface area contributed by atoms with E-state index in [0.29, 0.717) is 11.8 Å². The van der Waals surface area contributed by atoms with Crippen molar-refractivity contribution in [3.63, 3.8) is 0 Å². The van der Waals surface area contributed by atoms with Crippen molar-refractivity contribution in [2.75, 3.05) is 5.43 Å². The van der Waals surface area contributed by atoms with E-state index in [2.05, 4.69) is 29.0 Å². The van der Waals surface area contributed by atoms with Gasteiger partial charge in [0.05, 0.1) is 0 Å². The summed E-state index contributed by atoms with van der Waals surface area (Å²) in [6.45, 7) is 4.23. The molecule has 1 saturated carbocycles. The van der Waals surface area contributed by atoms with Crippen molar-refractivity contribution < 1.29 is 8.42 Å². The number of anilines is 1. The average molecular weight is 284 g/mol. The van der Waals surface area contributed by atoms with E-state index in [0.717, 1.165) is 12.8 Å². The van der Waals surface area contributed by atoms with E-state index in [1.807, 2.05) is 0 Å². The third kappa shape index (κ3) is 2.88. The number of pyridine rings is 1. The Kier molecular flexibility index (Phi) is 4.07. The number of nitrogens with zero attached hydrogens (tertiary/aromatic N) is 1. The fraction of sp³-hybridized carbons (Fsp3) is 0.583. The van der Waals surface area contributed by atoms with Crippen molar-refractivity contribution in [2.24, 2.45) is 17.7 Å². The van der Waals surface area contributed by atoms with Crippen LogP contribution in [0.2, 0.25) is 0 Å². The van der Waals surface area contributed by atoms with Crippen LogP contribution in [0.1, 0.15) is 26.7 Å². The monoisotopic (exact) mass is 284 g/mol. The fourth-order valence-electron chi connectivity index (χ4n) is 2.51. The Labute approximate surface area is 113 Å². The summed E-state index contributed by atoms with van der Waals surface area (Å²) in [7, 11) is -3.60. The second-order valence-electron chi connectivity index (χ2n) is 5.14. The average Bonchev–Trinajstić information content (AvgIpc) is 2.70. The minimum Gasteiger partial charge on any atom is -0.307 e. The molecule has 1 aromatic rings. The smallest absolute Gasteiger partial charge is 0.244 e. The molecule has 0 saturated heterocycles.